The smallest absolute Gasteiger partial charge is 0.339 e. The first kappa shape index (κ1) is 13.6. The van der Waals surface area contributed by atoms with Gasteiger partial charge in [0.05, 0.1) is 21.9 Å². The van der Waals surface area contributed by atoms with Crippen molar-refractivity contribution in [2.45, 2.75) is 0 Å². The third-order valence-corrected chi connectivity index (χ3v) is 3.11. The maximum Gasteiger partial charge on any atom is 0.339 e. The van der Waals surface area contributed by atoms with Gasteiger partial charge in [-0.25, -0.2) is 14.2 Å². The highest BCUT2D eigenvalue weighted by atomic mass is 35.5. The maximum atomic E-state index is 13.0. The zero-order valence-electron chi connectivity index (χ0n) is 9.32. The maximum absolute atomic E-state index is 13.0. The number of nitrogens with zero attached hydrogens (tertiary/aromatic N) is 1. The molecule has 0 saturated carbocycles. The van der Waals surface area contributed by atoms with E-state index >= 15 is 0 Å². The molecule has 1 aromatic heterocycles. The fraction of sp³-hybridized carbons (Fsp3) is 0. The largest absolute Gasteiger partial charge is 0.478 e. The summed E-state index contributed by atoms with van der Waals surface area (Å²) in [5.41, 5.74) is 0.0896. The van der Waals surface area contributed by atoms with Crippen LogP contribution in [0, 0.1) is 5.82 Å². The second-order valence-electron chi connectivity index (χ2n) is 3.58. The Morgan fingerprint density at radius 2 is 2.11 bits per heavy atom. The van der Waals surface area contributed by atoms with Crippen molar-refractivity contribution < 1.29 is 14.3 Å². The molecule has 2 aromatic rings. The Balaban J connectivity index is 2.44. The van der Waals surface area contributed by atoms with Gasteiger partial charge in [-0.05, 0) is 18.2 Å². The predicted molar refractivity (Wildman–Crippen MR) is 70.9 cm³/mol. The second kappa shape index (κ2) is 5.42. The topological polar surface area (TPSA) is 62.2 Å². The highest BCUT2D eigenvalue weighted by Gasteiger charge is 2.14. The van der Waals surface area contributed by atoms with Crippen LogP contribution >= 0.6 is 23.2 Å². The molecule has 0 saturated heterocycles. The van der Waals surface area contributed by atoms with Crippen LogP contribution in [0.3, 0.4) is 0 Å². The molecular weight excluding hydrogens is 294 g/mol. The average Bonchev–Trinajstić information content (AvgIpc) is 2.36. The third-order valence-electron chi connectivity index (χ3n) is 2.29. The van der Waals surface area contributed by atoms with Crippen LogP contribution < -0.4 is 5.32 Å². The number of carboxylic acids is 1. The molecule has 0 aliphatic rings. The fourth-order valence-corrected chi connectivity index (χ4v) is 1.78. The number of aromatic carboxylic acids is 1. The van der Waals surface area contributed by atoms with Crippen molar-refractivity contribution in [3.8, 4) is 0 Å². The van der Waals surface area contributed by atoms with E-state index < -0.39 is 11.8 Å². The van der Waals surface area contributed by atoms with Crippen LogP contribution in [0.1, 0.15) is 10.4 Å². The summed E-state index contributed by atoms with van der Waals surface area (Å²) < 4.78 is 13.0. The number of aromatic nitrogens is 1. The van der Waals surface area contributed by atoms with Crippen LogP contribution in [-0.4, -0.2) is 16.1 Å². The van der Waals surface area contributed by atoms with Crippen molar-refractivity contribution in [3.05, 3.63) is 51.9 Å². The van der Waals surface area contributed by atoms with Crippen molar-refractivity contribution in [2.24, 2.45) is 0 Å². The summed E-state index contributed by atoms with van der Waals surface area (Å²) in [6.45, 7) is 0. The van der Waals surface area contributed by atoms with Gasteiger partial charge in [-0.1, -0.05) is 29.3 Å². The molecule has 7 heteroatoms. The molecule has 0 bridgehead atoms. The van der Waals surface area contributed by atoms with E-state index in [4.69, 9.17) is 28.3 Å². The van der Waals surface area contributed by atoms with Gasteiger partial charge in [-0.15, -0.1) is 0 Å². The fourth-order valence-electron chi connectivity index (χ4n) is 1.43. The van der Waals surface area contributed by atoms with Gasteiger partial charge in [0, 0.05) is 0 Å². The first-order valence-corrected chi connectivity index (χ1v) is 5.84. The molecule has 0 radical (unpaired) electrons. The van der Waals surface area contributed by atoms with Gasteiger partial charge in [0.1, 0.15) is 17.2 Å². The molecular formula is C12H7Cl2FN2O2. The zero-order valence-corrected chi connectivity index (χ0v) is 10.8. The van der Waals surface area contributed by atoms with Crippen LogP contribution in [-0.2, 0) is 0 Å². The first-order chi connectivity index (χ1) is 8.99. The summed E-state index contributed by atoms with van der Waals surface area (Å²) in [6, 6.07) is 5.70. The van der Waals surface area contributed by atoms with E-state index in [1.54, 1.807) is 18.2 Å². The molecule has 2 rings (SSSR count). The van der Waals surface area contributed by atoms with Crippen LogP contribution in [0.4, 0.5) is 15.9 Å². The van der Waals surface area contributed by atoms with Gasteiger partial charge in [0.25, 0.3) is 0 Å². The van der Waals surface area contributed by atoms with E-state index in [-0.39, 0.29) is 16.4 Å². The lowest BCUT2D eigenvalue weighted by Crippen LogP contribution is -2.06. The van der Waals surface area contributed by atoms with Gasteiger partial charge < -0.3 is 10.4 Å². The molecule has 0 fully saturated rings. The zero-order chi connectivity index (χ0) is 14.0. The Kier molecular flexibility index (Phi) is 3.87. The van der Waals surface area contributed by atoms with Crippen molar-refractivity contribution in [1.29, 1.82) is 0 Å². The molecule has 0 atom stereocenters. The lowest BCUT2D eigenvalue weighted by molar-refractivity contribution is 0.0697. The number of hydrogen-bond donors (Lipinski definition) is 2. The lowest BCUT2D eigenvalue weighted by atomic mass is 10.2. The number of hydrogen-bond acceptors (Lipinski definition) is 3. The summed E-state index contributed by atoms with van der Waals surface area (Å²) in [4.78, 5) is 14.7. The van der Waals surface area contributed by atoms with Crippen molar-refractivity contribution in [3.63, 3.8) is 0 Å². The van der Waals surface area contributed by atoms with E-state index in [1.165, 1.54) is 0 Å². The van der Waals surface area contributed by atoms with E-state index in [1.807, 2.05) is 0 Å². The molecule has 2 N–H and O–H groups in total. The Morgan fingerprint density at radius 3 is 2.79 bits per heavy atom. The van der Waals surface area contributed by atoms with E-state index in [2.05, 4.69) is 10.3 Å². The van der Waals surface area contributed by atoms with Crippen molar-refractivity contribution in [2.75, 3.05) is 5.32 Å². The normalized spacial score (nSPS) is 10.3. The standard InChI is InChI=1S/C12H7Cl2FN2O2/c13-8-2-1-3-9(10(8)14)17-11-7(12(18)19)4-6(15)5-16-11/h1-5H,(H,16,17)(H,18,19). The van der Waals surface area contributed by atoms with E-state index in [0.29, 0.717) is 10.7 Å². The van der Waals surface area contributed by atoms with Gasteiger partial charge in [-0.3, -0.25) is 0 Å². The number of carbonyl (C=O) groups is 1. The van der Waals surface area contributed by atoms with Crippen LogP contribution in [0.5, 0.6) is 0 Å². The Morgan fingerprint density at radius 1 is 1.37 bits per heavy atom. The third kappa shape index (κ3) is 2.94. The van der Waals surface area contributed by atoms with Crippen molar-refractivity contribution >= 4 is 40.7 Å². The number of pyridine rings is 1. The molecule has 0 spiro atoms. The highest BCUT2D eigenvalue weighted by molar-refractivity contribution is 6.43. The summed E-state index contributed by atoms with van der Waals surface area (Å²) >= 11 is 11.8. The summed E-state index contributed by atoms with van der Waals surface area (Å²) in [5.74, 6) is -2.05. The van der Waals surface area contributed by atoms with Gasteiger partial charge in [0.15, 0.2) is 0 Å². The Labute approximate surface area is 117 Å². The number of halogens is 3. The highest BCUT2D eigenvalue weighted by Crippen LogP contribution is 2.32. The molecule has 19 heavy (non-hydrogen) atoms. The van der Waals surface area contributed by atoms with E-state index in [0.717, 1.165) is 12.3 Å². The lowest BCUT2D eigenvalue weighted by Gasteiger charge is -2.10. The minimum Gasteiger partial charge on any atom is -0.478 e. The van der Waals surface area contributed by atoms with Gasteiger partial charge in [0.2, 0.25) is 0 Å². The number of carboxylic acid groups (broad SMARTS) is 1. The molecule has 0 amide bonds. The van der Waals surface area contributed by atoms with Crippen molar-refractivity contribution in [1.82, 2.24) is 4.98 Å². The van der Waals surface area contributed by atoms with Crippen LogP contribution in [0.15, 0.2) is 30.5 Å². The SMILES string of the molecule is O=C(O)c1cc(F)cnc1Nc1cccc(Cl)c1Cl. The monoisotopic (exact) mass is 300 g/mol. The molecule has 1 aromatic carbocycles. The van der Waals surface area contributed by atoms with Crippen LogP contribution in [0.25, 0.3) is 0 Å². The number of anilines is 2. The summed E-state index contributed by atoms with van der Waals surface area (Å²) in [6.07, 6.45) is 0.910. The van der Waals surface area contributed by atoms with E-state index in [9.17, 15) is 9.18 Å². The molecule has 1 heterocycles. The number of nitrogens with one attached hydrogen (secondary N) is 1. The first-order valence-electron chi connectivity index (χ1n) is 5.09. The van der Waals surface area contributed by atoms with Gasteiger partial charge >= 0.3 is 5.97 Å². The molecule has 0 aliphatic heterocycles. The Bertz CT molecular complexity index is 650. The Hall–Kier alpha value is -1.85. The number of rotatable bonds is 3. The second-order valence-corrected chi connectivity index (χ2v) is 4.37. The minimum atomic E-state index is -1.30. The molecule has 0 unspecified atom stereocenters. The summed E-state index contributed by atoms with van der Waals surface area (Å²) in [7, 11) is 0. The van der Waals surface area contributed by atoms with Gasteiger partial charge in [-0.2, -0.15) is 0 Å². The molecule has 4 nitrogen and oxygen atoms in total. The van der Waals surface area contributed by atoms with Crippen LogP contribution in [0.2, 0.25) is 10.0 Å². The quantitative estimate of drug-likeness (QED) is 0.900. The average molecular weight is 301 g/mol. The number of benzene rings is 1. The predicted octanol–water partition coefficient (Wildman–Crippen LogP) is 3.97. The summed E-state index contributed by atoms with van der Waals surface area (Å²) in [5, 5.41) is 12.2. The minimum absolute atomic E-state index is 0.0157. The molecule has 0 aliphatic carbocycles. The molecule has 98 valence electrons.